The Morgan fingerprint density at radius 2 is 1.58 bits per heavy atom. The summed E-state index contributed by atoms with van der Waals surface area (Å²) >= 11 is 0.829. The Morgan fingerprint density at radius 1 is 0.923 bits per heavy atom. The average molecular weight is 767 g/mol. The van der Waals surface area contributed by atoms with Crippen molar-refractivity contribution in [3.05, 3.63) is 70.9 Å². The van der Waals surface area contributed by atoms with E-state index < -0.39 is 32.9 Å². The fourth-order valence-electron chi connectivity index (χ4n) is 7.01. The van der Waals surface area contributed by atoms with Crippen LogP contribution in [-0.4, -0.2) is 58.5 Å². The zero-order chi connectivity index (χ0) is 37.6. The Morgan fingerprint density at radius 3 is 2.17 bits per heavy atom. The summed E-state index contributed by atoms with van der Waals surface area (Å²) in [4.78, 5) is 24.8. The Balaban J connectivity index is 0.00000729. The predicted molar refractivity (Wildman–Crippen MR) is 191 cm³/mol. The molecule has 0 saturated carbocycles. The minimum atomic E-state index is -4.68. The van der Waals surface area contributed by atoms with Gasteiger partial charge in [-0.05, 0) is 93.5 Å². The van der Waals surface area contributed by atoms with E-state index in [0.717, 1.165) is 64.4 Å². The summed E-state index contributed by atoms with van der Waals surface area (Å²) in [7, 11) is -4.68. The molecule has 2 aliphatic rings. The van der Waals surface area contributed by atoms with Gasteiger partial charge in [0.2, 0.25) is 5.69 Å². The molecule has 0 amide bonds. The van der Waals surface area contributed by atoms with Crippen molar-refractivity contribution in [1.29, 1.82) is 0 Å². The predicted octanol–water partition coefficient (Wildman–Crippen LogP) is 3.51. The monoisotopic (exact) mass is 766 g/mol. The Labute approximate surface area is 332 Å². The fourth-order valence-corrected chi connectivity index (χ4v) is 7.91. The minimum Gasteiger partial charge on any atom is -0.744 e. The molecule has 0 atom stereocenters. The van der Waals surface area contributed by atoms with Gasteiger partial charge in [-0.2, -0.15) is 8.91 Å². The molecule has 2 aromatic rings. The van der Waals surface area contributed by atoms with Gasteiger partial charge in [0, 0.05) is 65.2 Å². The topological polar surface area (TPSA) is 180 Å². The van der Waals surface area contributed by atoms with Crippen molar-refractivity contribution in [1.82, 2.24) is 0 Å². The molecular formula is C37H47N2NaO10S2. The second-order valence-electron chi connectivity index (χ2n) is 14.0. The molecule has 4 rings (SSSR count). The second kappa shape index (κ2) is 18.7. The van der Waals surface area contributed by atoms with Gasteiger partial charge in [0.1, 0.15) is 16.7 Å². The number of nitrogens with zero attached hydrogens (tertiary/aromatic N) is 2. The quantitative estimate of drug-likeness (QED) is 0.0405. The number of fused-ring (bicyclic) bond motifs is 2. The maximum absolute atomic E-state index is 12.0. The van der Waals surface area contributed by atoms with E-state index >= 15 is 0 Å². The molecule has 0 radical (unpaired) electrons. The SMILES string of the molecule is CCC(=C\C1=[N+](CCCCCC(=O)O)c2ccc(SOO[O-])cc2C1(C)C)/C=C1/N(CCCCCC(=O)O)c2ccc(S(=O)(=O)[O-])cc2C1(C)C.[Na+]. The molecule has 0 fully saturated rings. The summed E-state index contributed by atoms with van der Waals surface area (Å²) in [5, 5.41) is 32.3. The number of allylic oxidation sites excluding steroid dienone is 4. The molecule has 0 aromatic heterocycles. The van der Waals surface area contributed by atoms with E-state index in [1.165, 1.54) is 12.1 Å². The number of hydrogen-bond acceptors (Lipinski definition) is 10. The second-order valence-corrected chi connectivity index (χ2v) is 16.1. The number of rotatable bonds is 19. The van der Waals surface area contributed by atoms with Gasteiger partial charge < -0.3 is 24.9 Å². The van der Waals surface area contributed by atoms with Crippen LogP contribution < -0.4 is 39.7 Å². The van der Waals surface area contributed by atoms with Crippen molar-refractivity contribution in [2.75, 3.05) is 18.0 Å². The number of hydrogen-bond donors (Lipinski definition) is 2. The van der Waals surface area contributed by atoms with Crippen LogP contribution in [0.3, 0.4) is 0 Å². The van der Waals surface area contributed by atoms with Crippen LogP contribution in [0.15, 0.2) is 69.6 Å². The van der Waals surface area contributed by atoms with Crippen LogP contribution in [0.4, 0.5) is 11.4 Å². The largest absolute Gasteiger partial charge is 1.00 e. The molecule has 12 nitrogen and oxygen atoms in total. The Kier molecular flexibility index (Phi) is 15.8. The zero-order valence-corrected chi connectivity index (χ0v) is 34.4. The summed E-state index contributed by atoms with van der Waals surface area (Å²) in [6.45, 7) is 11.6. The average Bonchev–Trinajstić information content (AvgIpc) is 3.40. The molecule has 2 aliphatic heterocycles. The van der Waals surface area contributed by atoms with Crippen molar-refractivity contribution in [2.45, 2.75) is 113 Å². The first kappa shape index (κ1) is 43.9. The van der Waals surface area contributed by atoms with Gasteiger partial charge in [-0.15, -0.1) is 0 Å². The Bertz CT molecular complexity index is 1840. The smallest absolute Gasteiger partial charge is 0.744 e. The molecule has 0 saturated heterocycles. The maximum Gasteiger partial charge on any atom is 1.00 e. The van der Waals surface area contributed by atoms with E-state index in [4.69, 9.17) is 10.2 Å². The van der Waals surface area contributed by atoms with Crippen molar-refractivity contribution in [3.63, 3.8) is 0 Å². The number of unbranched alkanes of at least 4 members (excludes halogenated alkanes) is 4. The van der Waals surface area contributed by atoms with E-state index in [1.54, 1.807) is 6.07 Å². The van der Waals surface area contributed by atoms with Gasteiger partial charge in [0.25, 0.3) is 0 Å². The van der Waals surface area contributed by atoms with Crippen LogP contribution in [0.5, 0.6) is 0 Å². The first-order valence-corrected chi connectivity index (χ1v) is 19.3. The van der Waals surface area contributed by atoms with Crippen LogP contribution in [0.2, 0.25) is 0 Å². The molecule has 0 bridgehead atoms. The third-order valence-corrected chi connectivity index (χ3v) is 11.2. The third-order valence-electron chi connectivity index (χ3n) is 9.77. The van der Waals surface area contributed by atoms with Crippen molar-refractivity contribution < 1.29 is 81.5 Å². The van der Waals surface area contributed by atoms with Crippen molar-refractivity contribution >= 4 is 51.2 Å². The first-order chi connectivity index (χ1) is 24.0. The van der Waals surface area contributed by atoms with Crippen molar-refractivity contribution in [3.8, 4) is 0 Å². The number of carboxylic acids is 2. The van der Waals surface area contributed by atoms with E-state index in [-0.39, 0.29) is 47.3 Å². The molecular weight excluding hydrogens is 720 g/mol. The maximum atomic E-state index is 12.0. The molecule has 2 N–H and O–H groups in total. The molecule has 0 spiro atoms. The number of anilines is 1. The molecule has 0 unspecified atom stereocenters. The van der Waals surface area contributed by atoms with Gasteiger partial charge >= 0.3 is 41.5 Å². The van der Waals surface area contributed by atoms with Crippen LogP contribution in [0, 0.1) is 0 Å². The van der Waals surface area contributed by atoms with Crippen LogP contribution >= 0.6 is 12.0 Å². The summed E-state index contributed by atoms with van der Waals surface area (Å²) in [6, 6.07) is 10.3. The van der Waals surface area contributed by atoms with E-state index in [9.17, 15) is 27.8 Å². The Hall–Kier alpha value is -2.53. The molecule has 15 heteroatoms. The van der Waals surface area contributed by atoms with Gasteiger partial charge in [-0.1, -0.05) is 27.2 Å². The van der Waals surface area contributed by atoms with Crippen LogP contribution in [-0.2, 0) is 39.9 Å². The summed E-state index contributed by atoms with van der Waals surface area (Å²) in [6.07, 6.45) is 9.26. The van der Waals surface area contributed by atoms with E-state index in [0.29, 0.717) is 50.1 Å². The molecule has 2 aromatic carbocycles. The molecule has 2 heterocycles. The number of carboxylic acid groups (broad SMARTS) is 2. The van der Waals surface area contributed by atoms with E-state index in [1.807, 2.05) is 32.0 Å². The summed E-state index contributed by atoms with van der Waals surface area (Å²) in [5.41, 5.74) is 5.43. The van der Waals surface area contributed by atoms with Crippen LogP contribution in [0.1, 0.15) is 104 Å². The number of aliphatic carboxylic acids is 2. The van der Waals surface area contributed by atoms with Gasteiger partial charge in [0.15, 0.2) is 5.71 Å². The fraction of sp³-hybridized carbons (Fsp3) is 0.486. The third kappa shape index (κ3) is 10.4. The van der Waals surface area contributed by atoms with Crippen LogP contribution in [0.25, 0.3) is 0 Å². The number of carbonyl (C=O) groups is 2. The number of benzene rings is 2. The standard InChI is InChI=1S/C37H48N2O10S2.Na/c1-6-25(21-32-36(2,3)28-23-26(50-49-48-44)15-17-30(28)38(32)19-11-7-9-13-34(40)41)22-33-37(4,5)29-24-27(51(45,46)47)16-18-31(29)39(33)20-12-8-10-14-35(42)43;/h15-18,21-24H,6-14,19-20H2,1-5H3,(H3-,40,41,42,43,44,45,46,47);/q;+1/p-1. The first-order valence-electron chi connectivity index (χ1n) is 17.2. The van der Waals surface area contributed by atoms with E-state index in [2.05, 4.69) is 51.8 Å². The zero-order valence-electron chi connectivity index (χ0n) is 30.8. The molecule has 0 aliphatic carbocycles. The summed E-state index contributed by atoms with van der Waals surface area (Å²) in [5.74, 6) is -1.65. The van der Waals surface area contributed by atoms with Gasteiger partial charge in [0.05, 0.1) is 22.4 Å². The molecule has 52 heavy (non-hydrogen) atoms. The normalized spacial score (nSPS) is 16.9. The summed E-state index contributed by atoms with van der Waals surface area (Å²) < 4.78 is 42.9. The van der Waals surface area contributed by atoms with Crippen molar-refractivity contribution in [2.24, 2.45) is 0 Å². The van der Waals surface area contributed by atoms with Gasteiger partial charge in [-0.3, -0.25) is 14.6 Å². The van der Waals surface area contributed by atoms with Gasteiger partial charge in [-0.25, -0.2) is 8.42 Å². The molecule has 278 valence electrons. The minimum absolute atomic E-state index is 0.